The molecule has 0 aliphatic rings. The van der Waals surface area contributed by atoms with Crippen LogP contribution in [0.25, 0.3) is 0 Å². The summed E-state index contributed by atoms with van der Waals surface area (Å²) >= 11 is 1.39. The van der Waals surface area contributed by atoms with Gasteiger partial charge in [-0.1, -0.05) is 11.8 Å². The standard InChI is InChI=1S/C13H11F2NS/c1-8-6-13(12(16)7-11(8)15)17-10-4-2-9(14)3-5-10/h2-7H,16H2,1H3. The molecule has 88 valence electrons. The van der Waals surface area contributed by atoms with E-state index in [0.717, 1.165) is 9.79 Å². The predicted molar refractivity (Wildman–Crippen MR) is 66.1 cm³/mol. The van der Waals surface area contributed by atoms with Crippen LogP contribution in [0.4, 0.5) is 14.5 Å². The fourth-order valence-corrected chi connectivity index (χ4v) is 2.33. The monoisotopic (exact) mass is 251 g/mol. The van der Waals surface area contributed by atoms with E-state index in [1.54, 1.807) is 25.1 Å². The van der Waals surface area contributed by atoms with E-state index in [4.69, 9.17) is 5.73 Å². The van der Waals surface area contributed by atoms with Crippen LogP contribution >= 0.6 is 11.8 Å². The van der Waals surface area contributed by atoms with E-state index in [1.165, 1.54) is 30.0 Å². The summed E-state index contributed by atoms with van der Waals surface area (Å²) in [4.78, 5) is 1.64. The minimum Gasteiger partial charge on any atom is -0.398 e. The van der Waals surface area contributed by atoms with Gasteiger partial charge in [0.05, 0.1) is 0 Å². The zero-order valence-corrected chi connectivity index (χ0v) is 10.0. The molecule has 0 unspecified atom stereocenters. The van der Waals surface area contributed by atoms with E-state index < -0.39 is 0 Å². The van der Waals surface area contributed by atoms with E-state index in [9.17, 15) is 8.78 Å². The Morgan fingerprint density at radius 2 is 1.71 bits per heavy atom. The molecule has 2 aromatic carbocycles. The van der Waals surface area contributed by atoms with E-state index in [-0.39, 0.29) is 11.6 Å². The maximum atomic E-state index is 13.2. The van der Waals surface area contributed by atoms with Crippen LogP contribution in [-0.2, 0) is 0 Å². The summed E-state index contributed by atoms with van der Waals surface area (Å²) in [7, 11) is 0. The second kappa shape index (κ2) is 4.75. The molecule has 0 heterocycles. The molecule has 0 amide bonds. The minimum atomic E-state index is -0.314. The van der Waals surface area contributed by atoms with Crippen LogP contribution in [0.2, 0.25) is 0 Å². The summed E-state index contributed by atoms with van der Waals surface area (Å²) in [5.41, 5.74) is 6.67. The molecular formula is C13H11F2NS. The number of anilines is 1. The lowest BCUT2D eigenvalue weighted by molar-refractivity contribution is 0.618. The quantitative estimate of drug-likeness (QED) is 0.816. The maximum absolute atomic E-state index is 13.2. The van der Waals surface area contributed by atoms with Crippen molar-refractivity contribution in [3.8, 4) is 0 Å². The normalized spacial score (nSPS) is 10.5. The Kier molecular flexibility index (Phi) is 3.33. The van der Waals surface area contributed by atoms with Crippen molar-refractivity contribution in [2.75, 3.05) is 5.73 Å². The van der Waals surface area contributed by atoms with Gasteiger partial charge in [-0.05, 0) is 48.9 Å². The van der Waals surface area contributed by atoms with Crippen molar-refractivity contribution in [2.45, 2.75) is 16.7 Å². The molecular weight excluding hydrogens is 240 g/mol. The summed E-state index contributed by atoms with van der Waals surface area (Å²) < 4.78 is 26.0. The molecule has 0 saturated heterocycles. The first-order valence-corrected chi connectivity index (χ1v) is 5.87. The summed E-state index contributed by atoms with van der Waals surface area (Å²) in [6.07, 6.45) is 0. The van der Waals surface area contributed by atoms with Crippen LogP contribution in [0.15, 0.2) is 46.2 Å². The third kappa shape index (κ3) is 2.77. The molecule has 0 radical (unpaired) electrons. The molecule has 2 N–H and O–H groups in total. The summed E-state index contributed by atoms with van der Waals surface area (Å²) in [5.74, 6) is -0.594. The average molecular weight is 251 g/mol. The third-order valence-electron chi connectivity index (χ3n) is 2.33. The summed E-state index contributed by atoms with van der Waals surface area (Å²) in [6.45, 7) is 1.68. The summed E-state index contributed by atoms with van der Waals surface area (Å²) in [6, 6.07) is 9.10. The van der Waals surface area contributed by atoms with Crippen LogP contribution < -0.4 is 5.73 Å². The Labute approximate surface area is 103 Å². The highest BCUT2D eigenvalue weighted by atomic mass is 32.2. The Balaban J connectivity index is 2.30. The molecule has 0 aliphatic carbocycles. The second-order valence-electron chi connectivity index (χ2n) is 3.70. The Morgan fingerprint density at radius 3 is 2.35 bits per heavy atom. The average Bonchev–Trinajstić information content (AvgIpc) is 2.29. The maximum Gasteiger partial charge on any atom is 0.128 e. The van der Waals surface area contributed by atoms with E-state index >= 15 is 0 Å². The smallest absolute Gasteiger partial charge is 0.128 e. The number of hydrogen-bond donors (Lipinski definition) is 1. The molecule has 4 heteroatoms. The van der Waals surface area contributed by atoms with Gasteiger partial charge in [0, 0.05) is 15.5 Å². The third-order valence-corrected chi connectivity index (χ3v) is 3.41. The van der Waals surface area contributed by atoms with Gasteiger partial charge in [-0.15, -0.1) is 0 Å². The lowest BCUT2D eigenvalue weighted by Gasteiger charge is -2.07. The Hall–Kier alpha value is -1.55. The SMILES string of the molecule is Cc1cc(Sc2ccc(F)cc2)c(N)cc1F. The van der Waals surface area contributed by atoms with Crippen molar-refractivity contribution in [3.05, 3.63) is 53.6 Å². The molecule has 2 aromatic rings. The van der Waals surface area contributed by atoms with E-state index in [0.29, 0.717) is 11.3 Å². The number of nitrogen functional groups attached to an aromatic ring is 1. The van der Waals surface area contributed by atoms with Crippen molar-refractivity contribution < 1.29 is 8.78 Å². The Bertz CT molecular complexity index is 538. The van der Waals surface area contributed by atoms with Gasteiger partial charge in [-0.3, -0.25) is 0 Å². The minimum absolute atomic E-state index is 0.280. The van der Waals surface area contributed by atoms with Crippen molar-refractivity contribution in [1.82, 2.24) is 0 Å². The fraction of sp³-hybridized carbons (Fsp3) is 0.0769. The molecule has 0 spiro atoms. The van der Waals surface area contributed by atoms with Gasteiger partial charge in [0.2, 0.25) is 0 Å². The van der Waals surface area contributed by atoms with Crippen LogP contribution in [-0.4, -0.2) is 0 Å². The number of benzene rings is 2. The zero-order valence-electron chi connectivity index (χ0n) is 9.21. The van der Waals surface area contributed by atoms with E-state index in [2.05, 4.69) is 0 Å². The lowest BCUT2D eigenvalue weighted by Crippen LogP contribution is -1.92. The lowest BCUT2D eigenvalue weighted by atomic mass is 10.2. The van der Waals surface area contributed by atoms with Crippen LogP contribution in [0.5, 0.6) is 0 Å². The number of halogens is 2. The number of rotatable bonds is 2. The molecule has 0 fully saturated rings. The Morgan fingerprint density at radius 1 is 1.06 bits per heavy atom. The fourth-order valence-electron chi connectivity index (χ4n) is 1.39. The highest BCUT2D eigenvalue weighted by Gasteiger charge is 2.06. The first-order chi connectivity index (χ1) is 8.06. The number of aryl methyl sites for hydroxylation is 1. The molecule has 0 saturated carbocycles. The number of hydrogen-bond acceptors (Lipinski definition) is 2. The van der Waals surface area contributed by atoms with Gasteiger partial charge >= 0.3 is 0 Å². The molecule has 0 aliphatic heterocycles. The summed E-state index contributed by atoms with van der Waals surface area (Å²) in [5, 5.41) is 0. The van der Waals surface area contributed by atoms with Crippen molar-refractivity contribution in [3.63, 3.8) is 0 Å². The first-order valence-electron chi connectivity index (χ1n) is 5.05. The second-order valence-corrected chi connectivity index (χ2v) is 4.81. The van der Waals surface area contributed by atoms with Gasteiger partial charge in [0.25, 0.3) is 0 Å². The highest BCUT2D eigenvalue weighted by molar-refractivity contribution is 7.99. The largest absolute Gasteiger partial charge is 0.398 e. The molecule has 0 atom stereocenters. The predicted octanol–water partition coefficient (Wildman–Crippen LogP) is 4.01. The van der Waals surface area contributed by atoms with Gasteiger partial charge in [0.1, 0.15) is 11.6 Å². The number of nitrogens with two attached hydrogens (primary N) is 1. The first kappa shape index (κ1) is 11.9. The molecule has 1 nitrogen and oxygen atoms in total. The highest BCUT2D eigenvalue weighted by Crippen LogP contribution is 2.33. The van der Waals surface area contributed by atoms with Crippen LogP contribution in [0.3, 0.4) is 0 Å². The van der Waals surface area contributed by atoms with E-state index in [1.807, 2.05) is 0 Å². The van der Waals surface area contributed by atoms with Crippen molar-refractivity contribution in [2.24, 2.45) is 0 Å². The molecule has 2 rings (SSSR count). The molecule has 0 aromatic heterocycles. The van der Waals surface area contributed by atoms with Crippen molar-refractivity contribution in [1.29, 1.82) is 0 Å². The van der Waals surface area contributed by atoms with Gasteiger partial charge < -0.3 is 5.73 Å². The molecule has 17 heavy (non-hydrogen) atoms. The van der Waals surface area contributed by atoms with Gasteiger partial charge in [0.15, 0.2) is 0 Å². The van der Waals surface area contributed by atoms with Crippen LogP contribution in [0, 0.1) is 18.6 Å². The zero-order chi connectivity index (χ0) is 12.4. The van der Waals surface area contributed by atoms with Crippen molar-refractivity contribution >= 4 is 17.4 Å². The van der Waals surface area contributed by atoms with Crippen LogP contribution in [0.1, 0.15) is 5.56 Å². The van der Waals surface area contributed by atoms with Gasteiger partial charge in [-0.25, -0.2) is 8.78 Å². The van der Waals surface area contributed by atoms with Gasteiger partial charge in [-0.2, -0.15) is 0 Å². The molecule has 0 bridgehead atoms. The topological polar surface area (TPSA) is 26.0 Å².